The lowest BCUT2D eigenvalue weighted by atomic mass is 10.1. The van der Waals surface area contributed by atoms with Crippen LogP contribution in [0.15, 0.2) is 60.8 Å². The molecule has 9 heteroatoms. The number of hydrogen-bond donors (Lipinski definition) is 3. The molecule has 0 spiro atoms. The van der Waals surface area contributed by atoms with Crippen molar-refractivity contribution in [3.63, 3.8) is 0 Å². The molecule has 0 radical (unpaired) electrons. The maximum Gasteiger partial charge on any atom is 0.508 e. The molecule has 0 saturated carbocycles. The minimum absolute atomic E-state index is 0.0737. The number of anilines is 4. The third-order valence-corrected chi connectivity index (χ3v) is 6.33. The lowest BCUT2D eigenvalue weighted by molar-refractivity contribution is 0.000928. The van der Waals surface area contributed by atoms with E-state index in [2.05, 4.69) is 67.7 Å². The van der Waals surface area contributed by atoms with E-state index in [1.165, 1.54) is 5.56 Å². The number of H-pyrrole nitrogens is 1. The van der Waals surface area contributed by atoms with Crippen LogP contribution in [0.2, 0.25) is 0 Å². The van der Waals surface area contributed by atoms with Crippen molar-refractivity contribution in [2.45, 2.75) is 39.3 Å². The SMILES string of the molecule is CCOC(=O)OC1CCN(Cc2cccc(Nc3nccc(Nc4ccc5[nH]c(C)cc5c4)n3)c2)CC1. The Morgan fingerprint density at radius 2 is 1.92 bits per heavy atom. The van der Waals surface area contributed by atoms with Crippen LogP contribution in [-0.2, 0) is 16.0 Å². The molecule has 5 rings (SSSR count). The lowest BCUT2D eigenvalue weighted by Gasteiger charge is -2.31. The monoisotopic (exact) mass is 500 g/mol. The van der Waals surface area contributed by atoms with Crippen LogP contribution in [0, 0.1) is 6.92 Å². The standard InChI is InChI=1S/C28H32N6O3/c1-3-36-28(35)37-24-10-13-34(14-11-24)18-20-5-4-6-22(16-20)32-27-29-12-9-26(33-27)31-23-7-8-25-21(17-23)15-19(2)30-25/h4-9,12,15-17,24,30H,3,10-11,13-14,18H2,1-2H3,(H2,29,31,32,33). The van der Waals surface area contributed by atoms with Crippen molar-refractivity contribution >= 4 is 40.2 Å². The molecule has 192 valence electrons. The number of fused-ring (bicyclic) bond motifs is 1. The lowest BCUT2D eigenvalue weighted by Crippen LogP contribution is -2.37. The summed E-state index contributed by atoms with van der Waals surface area (Å²) in [5.74, 6) is 1.24. The van der Waals surface area contributed by atoms with Gasteiger partial charge in [-0.1, -0.05) is 12.1 Å². The van der Waals surface area contributed by atoms with Gasteiger partial charge in [0, 0.05) is 53.8 Å². The van der Waals surface area contributed by atoms with Crippen LogP contribution < -0.4 is 10.6 Å². The van der Waals surface area contributed by atoms with E-state index in [9.17, 15) is 4.79 Å². The maximum atomic E-state index is 11.6. The molecule has 3 N–H and O–H groups in total. The number of nitrogens with zero attached hydrogens (tertiary/aromatic N) is 3. The minimum Gasteiger partial charge on any atom is -0.435 e. The third kappa shape index (κ3) is 6.56. The van der Waals surface area contributed by atoms with Crippen LogP contribution in [0.5, 0.6) is 0 Å². The zero-order chi connectivity index (χ0) is 25.6. The van der Waals surface area contributed by atoms with Crippen molar-refractivity contribution in [1.82, 2.24) is 19.9 Å². The van der Waals surface area contributed by atoms with Gasteiger partial charge >= 0.3 is 6.16 Å². The molecule has 1 aliphatic rings. The molecule has 0 bridgehead atoms. The van der Waals surface area contributed by atoms with E-state index >= 15 is 0 Å². The molecule has 1 saturated heterocycles. The third-order valence-electron chi connectivity index (χ3n) is 6.33. The van der Waals surface area contributed by atoms with Gasteiger partial charge < -0.3 is 25.1 Å². The average molecular weight is 501 g/mol. The fourth-order valence-corrected chi connectivity index (χ4v) is 4.60. The number of ether oxygens (including phenoxy) is 2. The van der Waals surface area contributed by atoms with Crippen molar-refractivity contribution in [1.29, 1.82) is 0 Å². The average Bonchev–Trinajstić information content (AvgIpc) is 3.25. The van der Waals surface area contributed by atoms with Gasteiger partial charge in [0.15, 0.2) is 0 Å². The van der Waals surface area contributed by atoms with Gasteiger partial charge in [-0.05, 0) is 74.7 Å². The Balaban J connectivity index is 1.17. The molecule has 3 heterocycles. The Bertz CT molecular complexity index is 1360. The van der Waals surface area contributed by atoms with E-state index in [0.717, 1.165) is 60.4 Å². The summed E-state index contributed by atoms with van der Waals surface area (Å²) < 4.78 is 10.2. The number of hydrogen-bond acceptors (Lipinski definition) is 8. The zero-order valence-electron chi connectivity index (χ0n) is 21.2. The smallest absolute Gasteiger partial charge is 0.435 e. The molecule has 2 aromatic heterocycles. The summed E-state index contributed by atoms with van der Waals surface area (Å²) in [5.41, 5.74) is 5.34. The maximum absolute atomic E-state index is 11.6. The first kappa shape index (κ1) is 24.6. The van der Waals surface area contributed by atoms with Gasteiger partial charge in [0.05, 0.1) is 6.61 Å². The molecule has 0 aliphatic carbocycles. The van der Waals surface area contributed by atoms with E-state index in [-0.39, 0.29) is 6.10 Å². The Morgan fingerprint density at radius 3 is 2.76 bits per heavy atom. The van der Waals surface area contributed by atoms with Gasteiger partial charge in [0.25, 0.3) is 0 Å². The molecule has 37 heavy (non-hydrogen) atoms. The van der Waals surface area contributed by atoms with E-state index in [1.54, 1.807) is 13.1 Å². The molecule has 0 amide bonds. The highest BCUT2D eigenvalue weighted by Gasteiger charge is 2.23. The second kappa shape index (κ2) is 11.3. The summed E-state index contributed by atoms with van der Waals surface area (Å²) in [7, 11) is 0. The van der Waals surface area contributed by atoms with Crippen LogP contribution in [-0.4, -0.2) is 51.8 Å². The molecule has 2 aromatic carbocycles. The quantitative estimate of drug-likeness (QED) is 0.257. The second-order valence-electron chi connectivity index (χ2n) is 9.25. The van der Waals surface area contributed by atoms with Crippen molar-refractivity contribution in [2.75, 3.05) is 30.3 Å². The van der Waals surface area contributed by atoms with Gasteiger partial charge in [0.2, 0.25) is 5.95 Å². The van der Waals surface area contributed by atoms with E-state index in [1.807, 2.05) is 24.3 Å². The minimum atomic E-state index is -0.571. The second-order valence-corrected chi connectivity index (χ2v) is 9.25. The number of carbonyl (C=O) groups excluding carboxylic acids is 1. The van der Waals surface area contributed by atoms with Crippen LogP contribution in [0.3, 0.4) is 0 Å². The van der Waals surface area contributed by atoms with Gasteiger partial charge in [-0.2, -0.15) is 4.98 Å². The highest BCUT2D eigenvalue weighted by Crippen LogP contribution is 2.24. The van der Waals surface area contributed by atoms with E-state index in [0.29, 0.717) is 18.4 Å². The number of aromatic amines is 1. The molecule has 9 nitrogen and oxygen atoms in total. The summed E-state index contributed by atoms with van der Waals surface area (Å²) >= 11 is 0. The topological polar surface area (TPSA) is 104 Å². The first-order valence-corrected chi connectivity index (χ1v) is 12.7. The molecular weight excluding hydrogens is 468 g/mol. The van der Waals surface area contributed by atoms with Gasteiger partial charge in [-0.25, -0.2) is 9.78 Å². The summed E-state index contributed by atoms with van der Waals surface area (Å²) in [5, 5.41) is 7.85. The fourth-order valence-electron chi connectivity index (χ4n) is 4.60. The summed E-state index contributed by atoms with van der Waals surface area (Å²) in [6, 6.07) is 18.4. The number of piperidine rings is 1. The van der Waals surface area contributed by atoms with Crippen molar-refractivity contribution < 1.29 is 14.3 Å². The molecule has 4 aromatic rings. The Kier molecular flexibility index (Phi) is 7.51. The number of rotatable bonds is 8. The number of carbonyl (C=O) groups is 1. The van der Waals surface area contributed by atoms with Crippen LogP contribution in [0.4, 0.5) is 27.9 Å². The van der Waals surface area contributed by atoms with Crippen molar-refractivity contribution in [3.05, 3.63) is 72.1 Å². The molecular formula is C28H32N6O3. The number of aryl methyl sites for hydroxylation is 1. The number of nitrogens with one attached hydrogen (secondary N) is 3. The highest BCUT2D eigenvalue weighted by molar-refractivity contribution is 5.84. The molecule has 1 aliphatic heterocycles. The largest absolute Gasteiger partial charge is 0.508 e. The fraction of sp³-hybridized carbons (Fsp3) is 0.321. The number of likely N-dealkylation sites (tertiary alicyclic amines) is 1. The summed E-state index contributed by atoms with van der Waals surface area (Å²) in [4.78, 5) is 26.3. The predicted molar refractivity (Wildman–Crippen MR) is 144 cm³/mol. The van der Waals surface area contributed by atoms with Crippen LogP contribution in [0.25, 0.3) is 10.9 Å². The zero-order valence-corrected chi connectivity index (χ0v) is 21.2. The number of aromatic nitrogens is 3. The van der Waals surface area contributed by atoms with E-state index < -0.39 is 6.16 Å². The Morgan fingerprint density at radius 1 is 1.08 bits per heavy atom. The van der Waals surface area contributed by atoms with Crippen LogP contribution in [0.1, 0.15) is 31.0 Å². The Hall–Kier alpha value is -4.11. The Labute approximate surface area is 216 Å². The van der Waals surface area contributed by atoms with E-state index in [4.69, 9.17) is 9.47 Å². The first-order chi connectivity index (χ1) is 18.0. The van der Waals surface area contributed by atoms with Gasteiger partial charge in [0.1, 0.15) is 11.9 Å². The highest BCUT2D eigenvalue weighted by atomic mass is 16.7. The van der Waals surface area contributed by atoms with Gasteiger partial charge in [-0.3, -0.25) is 4.90 Å². The first-order valence-electron chi connectivity index (χ1n) is 12.7. The number of benzene rings is 2. The predicted octanol–water partition coefficient (Wildman–Crippen LogP) is 5.89. The van der Waals surface area contributed by atoms with Crippen molar-refractivity contribution in [3.8, 4) is 0 Å². The molecule has 0 atom stereocenters. The summed E-state index contributed by atoms with van der Waals surface area (Å²) in [6.45, 7) is 6.72. The van der Waals surface area contributed by atoms with Crippen LogP contribution >= 0.6 is 0 Å². The molecule has 1 fully saturated rings. The molecule has 0 unspecified atom stereocenters. The normalized spacial score (nSPS) is 14.4. The summed E-state index contributed by atoms with van der Waals surface area (Å²) in [6.07, 6.45) is 2.71. The van der Waals surface area contributed by atoms with Gasteiger partial charge in [-0.15, -0.1) is 0 Å². The van der Waals surface area contributed by atoms with Crippen molar-refractivity contribution in [2.24, 2.45) is 0 Å².